The zero-order chi connectivity index (χ0) is 15.2. The van der Waals surface area contributed by atoms with E-state index in [2.05, 4.69) is 21.2 Å². The van der Waals surface area contributed by atoms with Gasteiger partial charge < -0.3 is 5.32 Å². The molecule has 1 saturated heterocycles. The molecule has 108 valence electrons. The molecular formula is C15H19BrN2O2. The quantitative estimate of drug-likeness (QED) is 0.855. The molecule has 1 fully saturated rings. The van der Waals surface area contributed by atoms with Gasteiger partial charge in [-0.25, -0.2) is 0 Å². The van der Waals surface area contributed by atoms with Gasteiger partial charge in [0.15, 0.2) is 0 Å². The van der Waals surface area contributed by atoms with Gasteiger partial charge in [0.05, 0.1) is 5.69 Å². The SMILES string of the molecule is Cc1cc(Br)cc(C)c1N1C(=O)C(C)(C)NC(=O)C1C. The van der Waals surface area contributed by atoms with E-state index >= 15 is 0 Å². The Bertz CT molecular complexity index is 573. The van der Waals surface area contributed by atoms with Crippen LogP contribution in [0.15, 0.2) is 16.6 Å². The highest BCUT2D eigenvalue weighted by molar-refractivity contribution is 9.10. The predicted molar refractivity (Wildman–Crippen MR) is 82.8 cm³/mol. The lowest BCUT2D eigenvalue weighted by molar-refractivity contribution is -0.136. The first-order valence-electron chi connectivity index (χ1n) is 6.57. The number of piperazine rings is 1. The van der Waals surface area contributed by atoms with E-state index in [1.807, 2.05) is 26.0 Å². The average Bonchev–Trinajstić information content (AvgIpc) is 2.29. The number of anilines is 1. The summed E-state index contributed by atoms with van der Waals surface area (Å²) in [6.07, 6.45) is 0. The fourth-order valence-corrected chi connectivity index (χ4v) is 3.33. The smallest absolute Gasteiger partial charge is 0.252 e. The molecule has 1 heterocycles. The molecule has 5 heteroatoms. The third kappa shape index (κ3) is 2.35. The van der Waals surface area contributed by atoms with Crippen molar-refractivity contribution in [3.8, 4) is 0 Å². The summed E-state index contributed by atoms with van der Waals surface area (Å²) in [5, 5.41) is 2.77. The second-order valence-corrected chi connectivity index (χ2v) is 6.77. The summed E-state index contributed by atoms with van der Waals surface area (Å²) in [7, 11) is 0. The van der Waals surface area contributed by atoms with Crippen LogP contribution in [0.2, 0.25) is 0 Å². The van der Waals surface area contributed by atoms with Crippen molar-refractivity contribution < 1.29 is 9.59 Å². The van der Waals surface area contributed by atoms with Gasteiger partial charge in [-0.15, -0.1) is 0 Å². The minimum atomic E-state index is -0.879. The molecule has 0 spiro atoms. The van der Waals surface area contributed by atoms with Crippen LogP contribution in [0.5, 0.6) is 0 Å². The van der Waals surface area contributed by atoms with Gasteiger partial charge in [0.1, 0.15) is 11.6 Å². The second-order valence-electron chi connectivity index (χ2n) is 5.85. The van der Waals surface area contributed by atoms with E-state index in [-0.39, 0.29) is 11.8 Å². The third-order valence-electron chi connectivity index (χ3n) is 3.65. The van der Waals surface area contributed by atoms with E-state index in [0.717, 1.165) is 21.3 Å². The van der Waals surface area contributed by atoms with Crippen molar-refractivity contribution in [2.24, 2.45) is 0 Å². The summed E-state index contributed by atoms with van der Waals surface area (Å²) in [5.74, 6) is -0.213. The summed E-state index contributed by atoms with van der Waals surface area (Å²) in [4.78, 5) is 26.4. The number of amides is 2. The first-order valence-corrected chi connectivity index (χ1v) is 7.37. The lowest BCUT2D eigenvalue weighted by Gasteiger charge is -2.42. The van der Waals surface area contributed by atoms with Crippen LogP contribution in [0.1, 0.15) is 31.9 Å². The number of rotatable bonds is 1. The maximum absolute atomic E-state index is 12.7. The summed E-state index contributed by atoms with van der Waals surface area (Å²) >= 11 is 3.45. The Morgan fingerprint density at radius 1 is 1.20 bits per heavy atom. The maximum Gasteiger partial charge on any atom is 0.252 e. The van der Waals surface area contributed by atoms with Crippen molar-refractivity contribution in [3.63, 3.8) is 0 Å². The molecule has 2 amide bonds. The number of aryl methyl sites for hydroxylation is 2. The molecule has 1 aliphatic heterocycles. The molecule has 0 saturated carbocycles. The van der Waals surface area contributed by atoms with E-state index in [4.69, 9.17) is 0 Å². The molecule has 2 rings (SSSR count). The Morgan fingerprint density at radius 2 is 1.70 bits per heavy atom. The van der Waals surface area contributed by atoms with Gasteiger partial charge in [0.25, 0.3) is 5.91 Å². The summed E-state index contributed by atoms with van der Waals surface area (Å²) in [5.41, 5.74) is 1.90. The van der Waals surface area contributed by atoms with Crippen molar-refractivity contribution in [1.29, 1.82) is 0 Å². The van der Waals surface area contributed by atoms with Crippen LogP contribution in [-0.2, 0) is 9.59 Å². The molecule has 0 radical (unpaired) electrons. The highest BCUT2D eigenvalue weighted by Gasteiger charge is 2.44. The number of nitrogens with one attached hydrogen (secondary N) is 1. The van der Waals surface area contributed by atoms with Crippen molar-refractivity contribution in [2.75, 3.05) is 4.90 Å². The van der Waals surface area contributed by atoms with E-state index in [0.29, 0.717) is 0 Å². The predicted octanol–water partition coefficient (Wildman–Crippen LogP) is 2.70. The third-order valence-corrected chi connectivity index (χ3v) is 4.11. The number of hydrogen-bond donors (Lipinski definition) is 1. The van der Waals surface area contributed by atoms with Gasteiger partial charge in [-0.2, -0.15) is 0 Å². The molecule has 0 aliphatic carbocycles. The molecule has 0 bridgehead atoms. The Labute approximate surface area is 127 Å². The maximum atomic E-state index is 12.7. The van der Waals surface area contributed by atoms with Crippen LogP contribution < -0.4 is 10.2 Å². The van der Waals surface area contributed by atoms with Crippen molar-refractivity contribution in [3.05, 3.63) is 27.7 Å². The van der Waals surface area contributed by atoms with Crippen LogP contribution >= 0.6 is 15.9 Å². The largest absolute Gasteiger partial charge is 0.340 e. The summed E-state index contributed by atoms with van der Waals surface area (Å²) in [6, 6.07) is 3.41. The molecule has 0 aromatic heterocycles. The number of benzene rings is 1. The monoisotopic (exact) mass is 338 g/mol. The van der Waals surface area contributed by atoms with Gasteiger partial charge in [-0.1, -0.05) is 15.9 Å². The minimum absolute atomic E-state index is 0.0851. The van der Waals surface area contributed by atoms with Crippen LogP contribution in [0.25, 0.3) is 0 Å². The van der Waals surface area contributed by atoms with Crippen LogP contribution in [-0.4, -0.2) is 23.4 Å². The Hall–Kier alpha value is -1.36. The molecule has 20 heavy (non-hydrogen) atoms. The van der Waals surface area contributed by atoms with E-state index in [1.54, 1.807) is 25.7 Å². The zero-order valence-corrected chi connectivity index (χ0v) is 14.0. The number of carbonyl (C=O) groups is 2. The highest BCUT2D eigenvalue weighted by Crippen LogP contribution is 2.33. The minimum Gasteiger partial charge on any atom is -0.340 e. The average molecular weight is 339 g/mol. The molecular weight excluding hydrogens is 320 g/mol. The van der Waals surface area contributed by atoms with Crippen molar-refractivity contribution in [2.45, 2.75) is 46.2 Å². The molecule has 1 N–H and O–H groups in total. The van der Waals surface area contributed by atoms with Gasteiger partial charge >= 0.3 is 0 Å². The number of nitrogens with zero attached hydrogens (tertiary/aromatic N) is 1. The number of carbonyl (C=O) groups excluding carboxylic acids is 2. The van der Waals surface area contributed by atoms with Crippen molar-refractivity contribution >= 4 is 33.4 Å². The standard InChI is InChI=1S/C15H19BrN2O2/c1-8-6-11(16)7-9(2)12(8)18-10(3)13(19)17-15(4,5)14(18)20/h6-7,10H,1-5H3,(H,17,19). The fourth-order valence-electron chi connectivity index (χ4n) is 2.64. The molecule has 4 nitrogen and oxygen atoms in total. The second kappa shape index (κ2) is 4.88. The lowest BCUT2D eigenvalue weighted by atomic mass is 9.95. The number of halogens is 1. The zero-order valence-electron chi connectivity index (χ0n) is 12.4. The Morgan fingerprint density at radius 3 is 2.20 bits per heavy atom. The van der Waals surface area contributed by atoms with E-state index in [9.17, 15) is 9.59 Å². The molecule has 1 aromatic carbocycles. The summed E-state index contributed by atoms with van der Waals surface area (Å²) in [6.45, 7) is 9.12. The van der Waals surface area contributed by atoms with Crippen LogP contribution in [0.3, 0.4) is 0 Å². The van der Waals surface area contributed by atoms with Crippen LogP contribution in [0.4, 0.5) is 5.69 Å². The fraction of sp³-hybridized carbons (Fsp3) is 0.467. The molecule has 1 atom stereocenters. The topological polar surface area (TPSA) is 49.4 Å². The molecule has 1 unspecified atom stereocenters. The molecule has 1 aliphatic rings. The summed E-state index contributed by atoms with van der Waals surface area (Å²) < 4.78 is 0.970. The normalized spacial score (nSPS) is 21.9. The van der Waals surface area contributed by atoms with E-state index < -0.39 is 11.6 Å². The number of hydrogen-bond acceptors (Lipinski definition) is 2. The Balaban J connectivity index is 2.60. The van der Waals surface area contributed by atoms with Gasteiger partial charge in [-0.3, -0.25) is 14.5 Å². The van der Waals surface area contributed by atoms with Gasteiger partial charge in [-0.05, 0) is 57.9 Å². The van der Waals surface area contributed by atoms with Gasteiger partial charge in [0, 0.05) is 4.47 Å². The van der Waals surface area contributed by atoms with E-state index in [1.165, 1.54) is 0 Å². The van der Waals surface area contributed by atoms with Crippen molar-refractivity contribution in [1.82, 2.24) is 5.32 Å². The Kier molecular flexibility index (Phi) is 3.67. The first-order chi connectivity index (χ1) is 9.15. The van der Waals surface area contributed by atoms with Crippen LogP contribution in [0, 0.1) is 13.8 Å². The van der Waals surface area contributed by atoms with Gasteiger partial charge in [0.2, 0.25) is 5.91 Å². The first kappa shape index (κ1) is 15.0. The molecule has 1 aromatic rings. The highest BCUT2D eigenvalue weighted by atomic mass is 79.9. The lowest BCUT2D eigenvalue weighted by Crippen LogP contribution is -2.67.